The van der Waals surface area contributed by atoms with E-state index in [-0.39, 0.29) is 17.9 Å². The third-order valence-electron chi connectivity index (χ3n) is 6.09. The third kappa shape index (κ3) is 7.28. The Morgan fingerprint density at radius 1 is 1.05 bits per heavy atom. The highest BCUT2D eigenvalue weighted by Gasteiger charge is 2.45. The van der Waals surface area contributed by atoms with Gasteiger partial charge >= 0.3 is 6.09 Å². The van der Waals surface area contributed by atoms with Gasteiger partial charge in [-0.25, -0.2) is 4.79 Å². The number of methoxy groups -OCH3 is 1. The summed E-state index contributed by atoms with van der Waals surface area (Å²) < 4.78 is 10.6. The lowest BCUT2D eigenvalue weighted by Crippen LogP contribution is -2.55. The third-order valence-corrected chi connectivity index (χ3v) is 6.09. The Hall–Kier alpha value is -3.99. The van der Waals surface area contributed by atoms with Gasteiger partial charge in [-0.15, -0.1) is 6.42 Å². The maximum Gasteiger partial charge on any atom is 0.408 e. The summed E-state index contributed by atoms with van der Waals surface area (Å²) >= 11 is 0. The van der Waals surface area contributed by atoms with Crippen molar-refractivity contribution in [2.45, 2.75) is 71.2 Å². The first kappa shape index (κ1) is 28.6. The number of rotatable bonds is 9. The summed E-state index contributed by atoms with van der Waals surface area (Å²) in [5.74, 6) is 2.27. The molecule has 0 aromatic heterocycles. The van der Waals surface area contributed by atoms with Gasteiger partial charge in [0.2, 0.25) is 5.91 Å². The number of ether oxygens (including phenoxy) is 2. The summed E-state index contributed by atoms with van der Waals surface area (Å²) in [6.07, 6.45) is 6.60. The van der Waals surface area contributed by atoms with Crippen molar-refractivity contribution in [1.82, 2.24) is 10.2 Å². The molecule has 0 bridgehead atoms. The van der Waals surface area contributed by atoms with Crippen LogP contribution in [0.25, 0.3) is 0 Å². The van der Waals surface area contributed by atoms with Crippen molar-refractivity contribution in [3.8, 4) is 18.1 Å². The van der Waals surface area contributed by atoms with Crippen LogP contribution in [0.1, 0.15) is 64.6 Å². The van der Waals surface area contributed by atoms with Crippen LogP contribution in [0, 0.1) is 18.3 Å². The Morgan fingerprint density at radius 2 is 1.68 bits per heavy atom. The van der Waals surface area contributed by atoms with Gasteiger partial charge in [-0.1, -0.05) is 38.0 Å². The molecule has 1 aliphatic rings. The number of anilines is 1. The number of benzene rings is 2. The highest BCUT2D eigenvalue weighted by molar-refractivity contribution is 5.99. The summed E-state index contributed by atoms with van der Waals surface area (Å²) in [6, 6.07) is 12.0. The molecule has 2 aromatic carbocycles. The molecule has 0 spiro atoms. The van der Waals surface area contributed by atoms with Gasteiger partial charge in [-0.05, 0) is 75.4 Å². The fraction of sp³-hybridized carbons (Fsp3) is 0.433. The predicted molar refractivity (Wildman–Crippen MR) is 147 cm³/mol. The van der Waals surface area contributed by atoms with Crippen molar-refractivity contribution >= 4 is 23.6 Å². The van der Waals surface area contributed by atoms with Crippen LogP contribution in [0.4, 0.5) is 10.5 Å². The summed E-state index contributed by atoms with van der Waals surface area (Å²) in [7, 11) is 1.57. The molecule has 0 radical (unpaired) electrons. The number of carbonyl (C=O) groups excluding carboxylic acids is 3. The SMILES string of the molecule is C#Cc1ccccc1C(C(=O)Nc1ccc(OC)cc1)N(C(=O)C(NC(=O)OC(C)(C)C)C(C)C)C1CC1. The van der Waals surface area contributed by atoms with Crippen LogP contribution in [-0.2, 0) is 14.3 Å². The molecule has 1 saturated carbocycles. The van der Waals surface area contributed by atoms with Gasteiger partial charge in [0.05, 0.1) is 7.11 Å². The number of hydrogen-bond donors (Lipinski definition) is 2. The maximum atomic E-state index is 14.1. The van der Waals surface area contributed by atoms with E-state index in [2.05, 4.69) is 16.6 Å². The Kier molecular flexibility index (Phi) is 9.05. The largest absolute Gasteiger partial charge is 0.497 e. The summed E-state index contributed by atoms with van der Waals surface area (Å²) in [6.45, 7) is 8.95. The standard InChI is InChI=1S/C30H37N3O5/c1-8-20-11-9-10-12-24(20)26(27(34)31-21-13-17-23(37-7)18-14-21)33(22-15-16-22)28(35)25(19(2)3)32-29(36)38-30(4,5)6/h1,9-14,17-19,22,25-26H,15-16H2,2-7H3,(H,31,34)(H,32,36). The Labute approximate surface area is 225 Å². The van der Waals surface area contributed by atoms with Crippen molar-refractivity contribution in [2.75, 3.05) is 12.4 Å². The van der Waals surface area contributed by atoms with Crippen LogP contribution < -0.4 is 15.4 Å². The van der Waals surface area contributed by atoms with Crippen LogP contribution in [-0.4, -0.2) is 47.6 Å². The van der Waals surface area contributed by atoms with E-state index in [0.717, 1.165) is 12.8 Å². The highest BCUT2D eigenvalue weighted by atomic mass is 16.6. The number of alkyl carbamates (subject to hydrolysis) is 1. The summed E-state index contributed by atoms with van der Waals surface area (Å²) in [4.78, 5) is 42.2. The molecule has 2 N–H and O–H groups in total. The van der Waals surface area contributed by atoms with E-state index >= 15 is 0 Å². The number of terminal acetylenes is 1. The van der Waals surface area contributed by atoms with E-state index in [4.69, 9.17) is 15.9 Å². The second-order valence-corrected chi connectivity index (χ2v) is 10.7. The highest BCUT2D eigenvalue weighted by Crippen LogP contribution is 2.37. The fourth-order valence-corrected chi connectivity index (χ4v) is 4.15. The monoisotopic (exact) mass is 519 g/mol. The molecule has 2 unspecified atom stereocenters. The number of hydrogen-bond acceptors (Lipinski definition) is 5. The van der Waals surface area contributed by atoms with E-state index in [1.165, 1.54) is 0 Å². The first-order valence-corrected chi connectivity index (χ1v) is 12.8. The van der Waals surface area contributed by atoms with Crippen molar-refractivity contribution < 1.29 is 23.9 Å². The van der Waals surface area contributed by atoms with E-state index < -0.39 is 29.7 Å². The normalized spacial score (nSPS) is 14.6. The fourth-order valence-electron chi connectivity index (χ4n) is 4.15. The van der Waals surface area contributed by atoms with Gasteiger partial charge in [0.15, 0.2) is 0 Å². The second-order valence-electron chi connectivity index (χ2n) is 10.7. The van der Waals surface area contributed by atoms with Crippen LogP contribution in [0.3, 0.4) is 0 Å². The molecule has 1 aliphatic carbocycles. The molecule has 8 nitrogen and oxygen atoms in total. The van der Waals surface area contributed by atoms with Crippen LogP contribution in [0.15, 0.2) is 48.5 Å². The zero-order valence-electron chi connectivity index (χ0n) is 22.9. The van der Waals surface area contributed by atoms with Crippen molar-refractivity contribution in [2.24, 2.45) is 5.92 Å². The molecule has 0 saturated heterocycles. The first-order chi connectivity index (χ1) is 17.9. The second kappa shape index (κ2) is 12.0. The molecular weight excluding hydrogens is 482 g/mol. The lowest BCUT2D eigenvalue weighted by atomic mass is 9.95. The maximum absolute atomic E-state index is 14.1. The average molecular weight is 520 g/mol. The lowest BCUT2D eigenvalue weighted by molar-refractivity contribution is -0.142. The Bertz CT molecular complexity index is 1190. The lowest BCUT2D eigenvalue weighted by Gasteiger charge is -2.36. The molecule has 0 heterocycles. The quantitative estimate of drug-likeness (QED) is 0.460. The zero-order chi connectivity index (χ0) is 28.0. The van der Waals surface area contributed by atoms with Gasteiger partial charge in [-0.2, -0.15) is 0 Å². The summed E-state index contributed by atoms with van der Waals surface area (Å²) in [5, 5.41) is 5.67. The molecule has 0 aliphatic heterocycles. The Balaban J connectivity index is 2.01. The van der Waals surface area contributed by atoms with Crippen LogP contribution in [0.5, 0.6) is 5.75 Å². The van der Waals surface area contributed by atoms with E-state index in [9.17, 15) is 14.4 Å². The Morgan fingerprint density at radius 3 is 2.21 bits per heavy atom. The molecule has 202 valence electrons. The molecule has 3 rings (SSSR count). The van der Waals surface area contributed by atoms with E-state index in [1.807, 2.05) is 13.8 Å². The molecule has 2 atom stereocenters. The molecule has 1 fully saturated rings. The number of nitrogens with one attached hydrogen (secondary N) is 2. The number of amides is 3. The van der Waals surface area contributed by atoms with Crippen LogP contribution in [0.2, 0.25) is 0 Å². The van der Waals surface area contributed by atoms with Crippen molar-refractivity contribution in [3.63, 3.8) is 0 Å². The zero-order valence-corrected chi connectivity index (χ0v) is 22.9. The van der Waals surface area contributed by atoms with Gasteiger partial charge < -0.3 is 25.0 Å². The van der Waals surface area contributed by atoms with Crippen molar-refractivity contribution in [3.05, 3.63) is 59.7 Å². The average Bonchev–Trinajstić information content (AvgIpc) is 3.69. The van der Waals surface area contributed by atoms with Gasteiger partial charge in [0, 0.05) is 17.3 Å². The van der Waals surface area contributed by atoms with Gasteiger partial charge in [0.1, 0.15) is 23.4 Å². The first-order valence-electron chi connectivity index (χ1n) is 12.8. The minimum atomic E-state index is -1.01. The van der Waals surface area contributed by atoms with Gasteiger partial charge in [-0.3, -0.25) is 9.59 Å². The molecule has 38 heavy (non-hydrogen) atoms. The minimum Gasteiger partial charge on any atom is -0.497 e. The number of carbonyl (C=O) groups is 3. The number of nitrogens with zero attached hydrogens (tertiary/aromatic N) is 1. The molecule has 3 amide bonds. The molecule has 2 aromatic rings. The minimum absolute atomic E-state index is 0.165. The smallest absolute Gasteiger partial charge is 0.408 e. The van der Waals surface area contributed by atoms with E-state index in [0.29, 0.717) is 22.6 Å². The van der Waals surface area contributed by atoms with Crippen molar-refractivity contribution in [1.29, 1.82) is 0 Å². The summed E-state index contributed by atoms with van der Waals surface area (Å²) in [5.41, 5.74) is 0.884. The van der Waals surface area contributed by atoms with E-state index in [1.54, 1.807) is 81.3 Å². The topological polar surface area (TPSA) is 97.0 Å². The molecule has 8 heteroatoms. The molecular formula is C30H37N3O5. The van der Waals surface area contributed by atoms with Gasteiger partial charge in [0.25, 0.3) is 5.91 Å². The van der Waals surface area contributed by atoms with Crippen LogP contribution >= 0.6 is 0 Å². The predicted octanol–water partition coefficient (Wildman–Crippen LogP) is 4.90.